The molecule has 1 aromatic heterocycles. The number of esters is 1. The van der Waals surface area contributed by atoms with E-state index in [4.69, 9.17) is 4.74 Å². The van der Waals surface area contributed by atoms with Gasteiger partial charge in [-0.15, -0.1) is 0 Å². The highest BCUT2D eigenvalue weighted by atomic mass is 16.5. The van der Waals surface area contributed by atoms with Gasteiger partial charge in [0.25, 0.3) is 0 Å². The van der Waals surface area contributed by atoms with E-state index in [2.05, 4.69) is 10.3 Å². The summed E-state index contributed by atoms with van der Waals surface area (Å²) in [7, 11) is 0. The number of fused-ring (bicyclic) bond motifs is 1. The number of hydrogen-bond acceptors (Lipinski definition) is 6. The van der Waals surface area contributed by atoms with Crippen LogP contribution in [0, 0.1) is 12.8 Å². The van der Waals surface area contributed by atoms with Gasteiger partial charge < -0.3 is 25.3 Å². The number of pyridine rings is 1. The highest BCUT2D eigenvalue weighted by molar-refractivity contribution is 6.21. The molecule has 0 aliphatic rings. The monoisotopic (exact) mass is 374 g/mol. The molecule has 0 spiro atoms. The lowest BCUT2D eigenvalue weighted by atomic mass is 9.97. The van der Waals surface area contributed by atoms with E-state index in [0.717, 1.165) is 0 Å². The van der Waals surface area contributed by atoms with E-state index < -0.39 is 5.97 Å². The summed E-state index contributed by atoms with van der Waals surface area (Å²) >= 11 is 0. The molecule has 146 valence electrons. The lowest BCUT2D eigenvalue weighted by molar-refractivity contribution is -0.136. The van der Waals surface area contributed by atoms with Gasteiger partial charge in [0.05, 0.1) is 17.7 Å². The molecule has 2 rings (SSSR count). The molecule has 0 amide bonds. The Morgan fingerprint density at radius 1 is 1.30 bits per heavy atom. The summed E-state index contributed by atoms with van der Waals surface area (Å²) in [6.45, 7) is 9.96. The van der Waals surface area contributed by atoms with Crippen molar-refractivity contribution >= 4 is 22.4 Å². The van der Waals surface area contributed by atoms with E-state index in [-0.39, 0.29) is 45.7 Å². The van der Waals surface area contributed by atoms with Crippen molar-refractivity contribution in [2.24, 2.45) is 5.92 Å². The van der Waals surface area contributed by atoms with Gasteiger partial charge in [-0.1, -0.05) is 13.8 Å². The van der Waals surface area contributed by atoms with Crippen molar-refractivity contribution in [1.82, 2.24) is 10.3 Å². The van der Waals surface area contributed by atoms with Crippen LogP contribution in [0.2, 0.25) is 0 Å². The third kappa shape index (κ3) is 4.24. The summed E-state index contributed by atoms with van der Waals surface area (Å²) in [6, 6.07) is 2.59. The first-order chi connectivity index (χ1) is 12.7. The molecule has 1 heterocycles. The van der Waals surface area contributed by atoms with E-state index in [1.54, 1.807) is 20.8 Å². The number of nitrogens with one attached hydrogen (secondary N) is 2. The Morgan fingerprint density at radius 2 is 1.96 bits per heavy atom. The second-order valence-electron chi connectivity index (χ2n) is 6.85. The second-order valence-corrected chi connectivity index (χ2v) is 6.85. The number of phenols is 2. The maximum Gasteiger partial charge on any atom is 0.340 e. The van der Waals surface area contributed by atoms with Crippen LogP contribution in [-0.4, -0.2) is 34.3 Å². The summed E-state index contributed by atoms with van der Waals surface area (Å²) in [5.74, 6) is -0.972. The molecule has 0 unspecified atom stereocenters. The van der Waals surface area contributed by atoms with E-state index in [1.165, 1.54) is 12.1 Å². The zero-order chi connectivity index (χ0) is 20.3. The molecule has 0 saturated carbocycles. The Labute approximate surface area is 157 Å². The first-order valence-corrected chi connectivity index (χ1v) is 8.88. The standard InChI is InChI=1S/C20H26N2O5/c1-6-27-20(26)17(12(5)21-9-10(2)3)13-8-14(23)19(25)16-11(4)7-15(24)22-18(13)16/h7-8,10,21,23,25H,6,9H2,1-5H3,(H,22,24)/b17-12-. The highest BCUT2D eigenvalue weighted by Gasteiger charge is 2.23. The van der Waals surface area contributed by atoms with Gasteiger partial charge in [0.1, 0.15) is 0 Å². The Bertz CT molecular complexity index is 957. The predicted molar refractivity (Wildman–Crippen MR) is 105 cm³/mol. The number of aryl methyl sites for hydroxylation is 1. The maximum atomic E-state index is 12.7. The van der Waals surface area contributed by atoms with Gasteiger partial charge in [0, 0.05) is 29.3 Å². The van der Waals surface area contributed by atoms with Crippen LogP contribution in [-0.2, 0) is 9.53 Å². The first kappa shape index (κ1) is 20.4. The van der Waals surface area contributed by atoms with E-state index >= 15 is 0 Å². The Morgan fingerprint density at radius 3 is 2.56 bits per heavy atom. The lowest BCUT2D eigenvalue weighted by Gasteiger charge is -2.18. The number of aromatic hydroxyl groups is 2. The topological polar surface area (TPSA) is 112 Å². The molecule has 0 radical (unpaired) electrons. The summed E-state index contributed by atoms with van der Waals surface area (Å²) in [4.78, 5) is 27.4. The van der Waals surface area contributed by atoms with Crippen LogP contribution in [0.15, 0.2) is 22.6 Å². The van der Waals surface area contributed by atoms with Crippen molar-refractivity contribution in [3.05, 3.63) is 39.3 Å². The molecule has 0 bridgehead atoms. The van der Waals surface area contributed by atoms with Gasteiger partial charge >= 0.3 is 5.97 Å². The van der Waals surface area contributed by atoms with Crippen molar-refractivity contribution in [3.8, 4) is 11.5 Å². The van der Waals surface area contributed by atoms with Gasteiger partial charge in [-0.2, -0.15) is 0 Å². The van der Waals surface area contributed by atoms with Gasteiger partial charge in [-0.25, -0.2) is 4.79 Å². The Balaban J connectivity index is 2.85. The lowest BCUT2D eigenvalue weighted by Crippen LogP contribution is -2.22. The van der Waals surface area contributed by atoms with Gasteiger partial charge in [0.2, 0.25) is 5.56 Å². The molecule has 7 heteroatoms. The minimum Gasteiger partial charge on any atom is -0.504 e. The molecule has 4 N–H and O–H groups in total. The van der Waals surface area contributed by atoms with Gasteiger partial charge in [0.15, 0.2) is 11.5 Å². The zero-order valence-corrected chi connectivity index (χ0v) is 16.3. The maximum absolute atomic E-state index is 12.7. The molecular formula is C20H26N2O5. The summed E-state index contributed by atoms with van der Waals surface area (Å²) in [5.41, 5.74) is 1.41. The third-order valence-electron chi connectivity index (χ3n) is 4.17. The van der Waals surface area contributed by atoms with Crippen LogP contribution in [0.5, 0.6) is 11.5 Å². The number of rotatable bonds is 6. The average molecular weight is 374 g/mol. The van der Waals surface area contributed by atoms with E-state index in [9.17, 15) is 19.8 Å². The number of carbonyl (C=O) groups excluding carboxylic acids is 1. The fraction of sp³-hybridized carbons (Fsp3) is 0.400. The van der Waals surface area contributed by atoms with Crippen molar-refractivity contribution < 1.29 is 19.7 Å². The minimum absolute atomic E-state index is 0.178. The molecular weight excluding hydrogens is 348 g/mol. The normalized spacial score (nSPS) is 12.2. The number of allylic oxidation sites excluding steroid dienone is 1. The number of ether oxygens (including phenoxy) is 1. The molecule has 0 fully saturated rings. The van der Waals surface area contributed by atoms with Crippen LogP contribution in [0.1, 0.15) is 38.8 Å². The molecule has 0 atom stereocenters. The largest absolute Gasteiger partial charge is 0.504 e. The molecule has 0 saturated heterocycles. The van der Waals surface area contributed by atoms with Crippen LogP contribution in [0.25, 0.3) is 16.5 Å². The highest BCUT2D eigenvalue weighted by Crippen LogP contribution is 2.39. The van der Waals surface area contributed by atoms with Gasteiger partial charge in [-0.05, 0) is 38.3 Å². The zero-order valence-electron chi connectivity index (χ0n) is 16.3. The molecule has 0 aliphatic carbocycles. The number of phenolic OH excluding ortho intramolecular Hbond substituents is 2. The van der Waals surface area contributed by atoms with Crippen molar-refractivity contribution in [2.75, 3.05) is 13.2 Å². The molecule has 2 aromatic rings. The van der Waals surface area contributed by atoms with Crippen LogP contribution < -0.4 is 10.9 Å². The average Bonchev–Trinajstić information content (AvgIpc) is 2.57. The minimum atomic E-state index is -0.583. The molecule has 27 heavy (non-hydrogen) atoms. The van der Waals surface area contributed by atoms with Crippen LogP contribution in [0.4, 0.5) is 0 Å². The molecule has 7 nitrogen and oxygen atoms in total. The van der Waals surface area contributed by atoms with Crippen molar-refractivity contribution in [2.45, 2.75) is 34.6 Å². The third-order valence-corrected chi connectivity index (χ3v) is 4.17. The fourth-order valence-electron chi connectivity index (χ4n) is 2.91. The van der Waals surface area contributed by atoms with Crippen molar-refractivity contribution in [3.63, 3.8) is 0 Å². The summed E-state index contributed by atoms with van der Waals surface area (Å²) in [6.07, 6.45) is 0. The number of aromatic amines is 1. The van der Waals surface area contributed by atoms with Crippen LogP contribution in [0.3, 0.4) is 0 Å². The van der Waals surface area contributed by atoms with Crippen LogP contribution >= 0.6 is 0 Å². The quantitative estimate of drug-likeness (QED) is 0.351. The number of H-pyrrole nitrogens is 1. The number of benzene rings is 1. The smallest absolute Gasteiger partial charge is 0.340 e. The first-order valence-electron chi connectivity index (χ1n) is 8.88. The molecule has 0 aliphatic heterocycles. The fourth-order valence-corrected chi connectivity index (χ4v) is 2.91. The predicted octanol–water partition coefficient (Wildman–Crippen LogP) is 2.79. The number of carbonyl (C=O) groups is 1. The summed E-state index contributed by atoms with van der Waals surface area (Å²) < 4.78 is 5.19. The van der Waals surface area contributed by atoms with E-state index in [1.807, 2.05) is 13.8 Å². The van der Waals surface area contributed by atoms with Gasteiger partial charge in [-0.3, -0.25) is 4.79 Å². The SMILES string of the molecule is CCOC(=O)/C(=C(/C)NCC(C)C)c1cc(O)c(O)c2c(C)cc(=O)[nH]c12. The number of hydrogen-bond donors (Lipinski definition) is 4. The number of aromatic nitrogens is 1. The van der Waals surface area contributed by atoms with Crippen molar-refractivity contribution in [1.29, 1.82) is 0 Å². The Hall–Kier alpha value is -2.96. The summed E-state index contributed by atoms with van der Waals surface area (Å²) in [5, 5.41) is 24.0. The molecule has 1 aromatic carbocycles. The van der Waals surface area contributed by atoms with E-state index in [0.29, 0.717) is 23.7 Å². The second kappa shape index (κ2) is 8.16. The Kier molecular flexibility index (Phi) is 6.15.